The number of ether oxygens (including phenoxy) is 2. The molecule has 0 spiro atoms. The standard InChI is InChI=1S/C20H22N2O3/c1-2-3-4-13-24-18-10-8-16(9-11-18)20(23)22-17-6-5-7-19(15-17)25-14-12-21/h5-11,15H,2-4,13-14H2,1H3,(H,22,23). The van der Waals surface area contributed by atoms with Crippen LogP contribution in [0, 0.1) is 11.3 Å². The number of amides is 1. The van der Waals surface area contributed by atoms with Gasteiger partial charge in [-0.3, -0.25) is 4.79 Å². The molecule has 0 saturated carbocycles. The second-order valence-corrected chi connectivity index (χ2v) is 5.51. The van der Waals surface area contributed by atoms with Gasteiger partial charge in [0.05, 0.1) is 6.61 Å². The summed E-state index contributed by atoms with van der Waals surface area (Å²) in [5.41, 5.74) is 1.16. The van der Waals surface area contributed by atoms with E-state index in [2.05, 4.69) is 12.2 Å². The molecule has 0 bridgehead atoms. The van der Waals surface area contributed by atoms with Gasteiger partial charge in [-0.2, -0.15) is 5.26 Å². The molecule has 5 nitrogen and oxygen atoms in total. The number of anilines is 1. The summed E-state index contributed by atoms with van der Waals surface area (Å²) in [6.07, 6.45) is 3.34. The minimum absolute atomic E-state index is 0.0306. The van der Waals surface area contributed by atoms with Crippen molar-refractivity contribution >= 4 is 11.6 Å². The number of rotatable bonds is 9. The van der Waals surface area contributed by atoms with E-state index in [1.54, 1.807) is 48.5 Å². The molecule has 1 amide bonds. The Labute approximate surface area is 148 Å². The summed E-state index contributed by atoms with van der Waals surface area (Å²) in [6, 6.07) is 15.9. The normalized spacial score (nSPS) is 9.92. The van der Waals surface area contributed by atoms with E-state index in [-0.39, 0.29) is 12.5 Å². The lowest BCUT2D eigenvalue weighted by atomic mass is 10.2. The maximum atomic E-state index is 12.3. The maximum absolute atomic E-state index is 12.3. The lowest BCUT2D eigenvalue weighted by molar-refractivity contribution is 0.102. The molecule has 130 valence electrons. The van der Waals surface area contributed by atoms with Crippen LogP contribution in [-0.4, -0.2) is 19.1 Å². The number of unbranched alkanes of at least 4 members (excludes halogenated alkanes) is 2. The second-order valence-electron chi connectivity index (χ2n) is 5.51. The lowest BCUT2D eigenvalue weighted by Crippen LogP contribution is -2.11. The van der Waals surface area contributed by atoms with Crippen LogP contribution in [0.5, 0.6) is 11.5 Å². The lowest BCUT2D eigenvalue weighted by Gasteiger charge is -2.09. The molecule has 0 heterocycles. The number of hydrogen-bond donors (Lipinski definition) is 1. The van der Waals surface area contributed by atoms with Gasteiger partial charge in [0.2, 0.25) is 0 Å². The van der Waals surface area contributed by atoms with Crippen LogP contribution in [0.15, 0.2) is 48.5 Å². The third-order valence-electron chi connectivity index (χ3n) is 3.53. The van der Waals surface area contributed by atoms with Crippen LogP contribution in [0.25, 0.3) is 0 Å². The van der Waals surface area contributed by atoms with Crippen molar-refractivity contribution in [3.8, 4) is 17.6 Å². The summed E-state index contributed by atoms with van der Waals surface area (Å²) in [7, 11) is 0. The summed E-state index contributed by atoms with van der Waals surface area (Å²) >= 11 is 0. The zero-order valence-electron chi connectivity index (χ0n) is 14.3. The molecule has 25 heavy (non-hydrogen) atoms. The first kappa shape index (κ1) is 18.3. The fraction of sp³-hybridized carbons (Fsp3) is 0.300. The number of nitrogens with one attached hydrogen (secondary N) is 1. The number of carbonyl (C=O) groups excluding carboxylic acids is 1. The van der Waals surface area contributed by atoms with E-state index in [4.69, 9.17) is 14.7 Å². The Kier molecular flexibility index (Phi) is 7.33. The number of nitrogens with zero attached hydrogens (tertiary/aromatic N) is 1. The van der Waals surface area contributed by atoms with Gasteiger partial charge in [0.25, 0.3) is 5.91 Å². The largest absolute Gasteiger partial charge is 0.494 e. The first-order chi connectivity index (χ1) is 12.2. The number of nitriles is 1. The molecule has 2 aromatic carbocycles. The van der Waals surface area contributed by atoms with Crippen LogP contribution in [0.3, 0.4) is 0 Å². The molecule has 0 radical (unpaired) electrons. The topological polar surface area (TPSA) is 71.3 Å². The predicted molar refractivity (Wildman–Crippen MR) is 97.0 cm³/mol. The summed E-state index contributed by atoms with van der Waals surface area (Å²) in [5.74, 6) is 1.09. The Morgan fingerprint density at radius 3 is 2.60 bits per heavy atom. The van der Waals surface area contributed by atoms with E-state index in [1.165, 1.54) is 0 Å². The molecule has 1 N–H and O–H groups in total. The minimum atomic E-state index is -0.213. The molecule has 0 aliphatic rings. The molecule has 0 saturated heterocycles. The minimum Gasteiger partial charge on any atom is -0.494 e. The van der Waals surface area contributed by atoms with Crippen molar-refractivity contribution in [2.75, 3.05) is 18.5 Å². The molecule has 5 heteroatoms. The van der Waals surface area contributed by atoms with Crippen LogP contribution in [-0.2, 0) is 0 Å². The Balaban J connectivity index is 1.91. The van der Waals surface area contributed by atoms with E-state index < -0.39 is 0 Å². The predicted octanol–water partition coefficient (Wildman–Crippen LogP) is 4.41. The van der Waals surface area contributed by atoms with E-state index >= 15 is 0 Å². The van der Waals surface area contributed by atoms with Crippen LogP contribution < -0.4 is 14.8 Å². The highest BCUT2D eigenvalue weighted by molar-refractivity contribution is 6.04. The average molecular weight is 338 g/mol. The zero-order chi connectivity index (χ0) is 17.9. The van der Waals surface area contributed by atoms with E-state index in [1.807, 2.05) is 6.07 Å². The van der Waals surface area contributed by atoms with Gasteiger partial charge in [0, 0.05) is 17.3 Å². The highest BCUT2D eigenvalue weighted by atomic mass is 16.5. The van der Waals surface area contributed by atoms with Crippen LogP contribution in [0.1, 0.15) is 36.5 Å². The fourth-order valence-electron chi connectivity index (χ4n) is 2.23. The van der Waals surface area contributed by atoms with Crippen LogP contribution >= 0.6 is 0 Å². The first-order valence-corrected chi connectivity index (χ1v) is 8.37. The summed E-state index contributed by atoms with van der Waals surface area (Å²) in [4.78, 5) is 12.3. The van der Waals surface area contributed by atoms with Crippen molar-refractivity contribution < 1.29 is 14.3 Å². The SMILES string of the molecule is CCCCCOc1ccc(C(=O)Nc2cccc(OCC#N)c2)cc1. The number of benzene rings is 2. The smallest absolute Gasteiger partial charge is 0.255 e. The Hall–Kier alpha value is -3.00. The van der Waals surface area contributed by atoms with Crippen molar-refractivity contribution in [3.05, 3.63) is 54.1 Å². The van der Waals surface area contributed by atoms with Gasteiger partial charge in [-0.05, 0) is 42.8 Å². The zero-order valence-corrected chi connectivity index (χ0v) is 14.3. The Bertz CT molecular complexity index is 720. The third kappa shape index (κ3) is 6.19. The quantitative estimate of drug-likeness (QED) is 0.687. The molecule has 2 rings (SSSR count). The molecule has 0 aliphatic carbocycles. The molecular formula is C20H22N2O3. The molecule has 0 aliphatic heterocycles. The van der Waals surface area contributed by atoms with E-state index in [9.17, 15) is 4.79 Å². The van der Waals surface area contributed by atoms with Gasteiger partial charge in [-0.25, -0.2) is 0 Å². The van der Waals surface area contributed by atoms with Crippen molar-refractivity contribution in [2.24, 2.45) is 0 Å². The van der Waals surface area contributed by atoms with Crippen molar-refractivity contribution in [1.29, 1.82) is 5.26 Å². The van der Waals surface area contributed by atoms with Gasteiger partial charge in [-0.1, -0.05) is 25.8 Å². The third-order valence-corrected chi connectivity index (χ3v) is 3.53. The highest BCUT2D eigenvalue weighted by Gasteiger charge is 2.07. The van der Waals surface area contributed by atoms with Crippen molar-refractivity contribution in [3.63, 3.8) is 0 Å². The molecule has 0 fully saturated rings. The van der Waals surface area contributed by atoms with Crippen molar-refractivity contribution in [2.45, 2.75) is 26.2 Å². The monoisotopic (exact) mass is 338 g/mol. The van der Waals surface area contributed by atoms with Gasteiger partial charge < -0.3 is 14.8 Å². The van der Waals surface area contributed by atoms with Gasteiger partial charge in [0.1, 0.15) is 17.6 Å². The van der Waals surface area contributed by atoms with E-state index in [0.29, 0.717) is 23.6 Å². The molecule has 0 aromatic heterocycles. The summed E-state index contributed by atoms with van der Waals surface area (Å²) in [5, 5.41) is 11.4. The highest BCUT2D eigenvalue weighted by Crippen LogP contribution is 2.19. The van der Waals surface area contributed by atoms with Crippen LogP contribution in [0.4, 0.5) is 5.69 Å². The Morgan fingerprint density at radius 1 is 1.08 bits per heavy atom. The molecular weight excluding hydrogens is 316 g/mol. The Morgan fingerprint density at radius 2 is 1.88 bits per heavy atom. The molecule has 0 atom stereocenters. The molecule has 0 unspecified atom stereocenters. The van der Waals surface area contributed by atoms with Crippen LogP contribution in [0.2, 0.25) is 0 Å². The average Bonchev–Trinajstić information content (AvgIpc) is 2.64. The fourth-order valence-corrected chi connectivity index (χ4v) is 2.23. The van der Waals surface area contributed by atoms with Gasteiger partial charge in [0.15, 0.2) is 6.61 Å². The van der Waals surface area contributed by atoms with Gasteiger partial charge >= 0.3 is 0 Å². The second kappa shape index (κ2) is 9.99. The van der Waals surface area contributed by atoms with E-state index in [0.717, 1.165) is 25.0 Å². The molecule has 2 aromatic rings. The summed E-state index contributed by atoms with van der Waals surface area (Å²) < 4.78 is 10.9. The maximum Gasteiger partial charge on any atom is 0.255 e. The number of hydrogen-bond acceptors (Lipinski definition) is 4. The summed E-state index contributed by atoms with van der Waals surface area (Å²) in [6.45, 7) is 2.81. The van der Waals surface area contributed by atoms with Crippen molar-refractivity contribution in [1.82, 2.24) is 0 Å². The van der Waals surface area contributed by atoms with Gasteiger partial charge in [-0.15, -0.1) is 0 Å². The number of carbonyl (C=O) groups is 1. The first-order valence-electron chi connectivity index (χ1n) is 8.37.